The van der Waals surface area contributed by atoms with Crippen LogP contribution in [0.4, 0.5) is 0 Å². The molecule has 7 heteroatoms. The lowest BCUT2D eigenvalue weighted by Crippen LogP contribution is -1.94. The van der Waals surface area contributed by atoms with Crippen molar-refractivity contribution in [2.75, 3.05) is 24.7 Å². The van der Waals surface area contributed by atoms with E-state index in [1.165, 1.54) is 0 Å². The largest absolute Gasteiger partial charge is 0.455 e. The third-order valence-electron chi connectivity index (χ3n) is 1.32. The van der Waals surface area contributed by atoms with Crippen LogP contribution < -0.4 is 0 Å². The molecule has 0 aromatic heterocycles. The van der Waals surface area contributed by atoms with Crippen molar-refractivity contribution in [3.63, 3.8) is 0 Å². The fraction of sp³-hybridized carbons (Fsp3) is 0.857. The van der Waals surface area contributed by atoms with Crippen LogP contribution in [0.1, 0.15) is 13.8 Å². The third kappa shape index (κ3) is 3.95. The van der Waals surface area contributed by atoms with Crippen molar-refractivity contribution >= 4 is 35.6 Å². The molecule has 0 amide bonds. The van der Waals surface area contributed by atoms with Crippen molar-refractivity contribution in [3.05, 3.63) is 0 Å². The fourth-order valence-electron chi connectivity index (χ4n) is 0.879. The minimum Gasteiger partial charge on any atom is -0.291 e. The van der Waals surface area contributed by atoms with Crippen LogP contribution >= 0.6 is 31.3 Å². The van der Waals surface area contributed by atoms with Crippen molar-refractivity contribution in [1.82, 2.24) is 0 Å². The summed E-state index contributed by atoms with van der Waals surface area (Å²) in [7, 11) is -3.22. The summed E-state index contributed by atoms with van der Waals surface area (Å²) in [5.41, 5.74) is 0. The Bertz CT molecular complexity index is 241. The lowest BCUT2D eigenvalue weighted by molar-refractivity contribution is 0.221. The molecule has 0 aromatic carbocycles. The molecule has 1 rings (SSSR count). The van der Waals surface area contributed by atoms with Gasteiger partial charge in [-0.25, -0.2) is 4.57 Å². The fourth-order valence-corrected chi connectivity index (χ4v) is 4.83. The molecule has 14 heavy (non-hydrogen) atoms. The van der Waals surface area contributed by atoms with Gasteiger partial charge in [-0.3, -0.25) is 9.05 Å². The molecule has 0 radical (unpaired) electrons. The molecule has 0 bridgehead atoms. The van der Waals surface area contributed by atoms with Crippen LogP contribution in [-0.4, -0.2) is 29.1 Å². The summed E-state index contributed by atoms with van der Waals surface area (Å²) < 4.78 is 26.9. The number of hydrogen-bond donors (Lipinski definition) is 0. The summed E-state index contributed by atoms with van der Waals surface area (Å²) in [6.45, 7) is 4.26. The lowest BCUT2D eigenvalue weighted by Gasteiger charge is -2.11. The summed E-state index contributed by atoms with van der Waals surface area (Å²) in [5, 5.41) is 0. The van der Waals surface area contributed by atoms with Gasteiger partial charge in [-0.05, 0) is 13.8 Å². The maximum absolute atomic E-state index is 11.9. The normalized spacial score (nSPS) is 17.4. The Balaban J connectivity index is 2.66. The van der Waals surface area contributed by atoms with E-state index in [1.54, 1.807) is 37.4 Å². The summed E-state index contributed by atoms with van der Waals surface area (Å²) in [6, 6.07) is 0. The molecule has 0 N–H and O–H groups in total. The molecule has 1 fully saturated rings. The molecule has 1 aliphatic heterocycles. The quantitative estimate of drug-likeness (QED) is 0.707. The average Bonchev–Trinajstić information content (AvgIpc) is 2.57. The van der Waals surface area contributed by atoms with E-state index in [4.69, 9.17) is 9.05 Å². The van der Waals surface area contributed by atoms with Crippen LogP contribution in [0.3, 0.4) is 0 Å². The van der Waals surface area contributed by atoms with Gasteiger partial charge in [-0.2, -0.15) is 4.76 Å². The van der Waals surface area contributed by atoms with Crippen molar-refractivity contribution in [1.29, 1.82) is 0 Å². The first-order valence-corrected chi connectivity index (χ1v) is 7.92. The highest BCUT2D eigenvalue weighted by Crippen LogP contribution is 2.51. The van der Waals surface area contributed by atoms with Gasteiger partial charge < -0.3 is 0 Å². The van der Waals surface area contributed by atoms with Crippen molar-refractivity contribution in [2.24, 2.45) is 4.76 Å². The van der Waals surface area contributed by atoms with Gasteiger partial charge in [0.15, 0.2) is 0 Å². The van der Waals surface area contributed by atoms with Gasteiger partial charge in [0.05, 0.1) is 13.2 Å². The van der Waals surface area contributed by atoms with Gasteiger partial charge in [-0.15, -0.1) is 0 Å². The zero-order valence-corrected chi connectivity index (χ0v) is 10.8. The molecular formula is C7H14NO3PS2. The first kappa shape index (κ1) is 12.6. The van der Waals surface area contributed by atoms with Gasteiger partial charge in [0.1, 0.15) is 4.38 Å². The highest BCUT2D eigenvalue weighted by molar-refractivity contribution is 8.41. The molecule has 0 aliphatic carbocycles. The van der Waals surface area contributed by atoms with E-state index < -0.39 is 7.75 Å². The van der Waals surface area contributed by atoms with E-state index >= 15 is 0 Å². The Morgan fingerprint density at radius 1 is 1.29 bits per heavy atom. The third-order valence-corrected chi connectivity index (χ3v) is 5.67. The van der Waals surface area contributed by atoms with Crippen molar-refractivity contribution in [2.45, 2.75) is 13.8 Å². The predicted octanol–water partition coefficient (Wildman–Crippen LogP) is 3.00. The van der Waals surface area contributed by atoms with Crippen LogP contribution in [-0.2, 0) is 13.6 Å². The second kappa shape index (κ2) is 6.18. The molecule has 1 aliphatic rings. The molecule has 0 atom stereocenters. The Hall–Kier alpha value is 0.520. The van der Waals surface area contributed by atoms with Gasteiger partial charge in [0.25, 0.3) is 0 Å². The number of nitrogens with zero attached hydrogens (tertiary/aromatic N) is 1. The molecule has 1 saturated heterocycles. The van der Waals surface area contributed by atoms with Crippen LogP contribution in [0.2, 0.25) is 0 Å². The monoisotopic (exact) mass is 255 g/mol. The van der Waals surface area contributed by atoms with Crippen molar-refractivity contribution < 1.29 is 13.6 Å². The van der Waals surface area contributed by atoms with E-state index in [0.717, 1.165) is 15.9 Å². The number of rotatable bonds is 5. The second-order valence-corrected chi connectivity index (χ2v) is 6.45. The Morgan fingerprint density at radius 3 is 2.21 bits per heavy atom. The van der Waals surface area contributed by atoms with E-state index in [0.29, 0.717) is 13.2 Å². The van der Waals surface area contributed by atoms with Gasteiger partial charge in [0, 0.05) is 11.5 Å². The Labute approximate surface area is 92.8 Å². The number of thioether (sulfide) groups is 2. The average molecular weight is 255 g/mol. The van der Waals surface area contributed by atoms with Gasteiger partial charge in [0.2, 0.25) is 0 Å². The molecule has 0 unspecified atom stereocenters. The molecule has 4 nitrogen and oxygen atoms in total. The topological polar surface area (TPSA) is 47.9 Å². The van der Waals surface area contributed by atoms with E-state index in [1.807, 2.05) is 0 Å². The SMILES string of the molecule is CCOP(=O)(N=C1SCCS1)OCC. The minimum atomic E-state index is -3.22. The van der Waals surface area contributed by atoms with Crippen LogP contribution in [0.25, 0.3) is 0 Å². The molecule has 0 spiro atoms. The molecule has 1 heterocycles. The first-order valence-electron chi connectivity index (χ1n) is 4.45. The van der Waals surface area contributed by atoms with Crippen molar-refractivity contribution in [3.8, 4) is 0 Å². The molecule has 0 aromatic rings. The summed E-state index contributed by atoms with van der Waals surface area (Å²) >= 11 is 3.20. The maximum atomic E-state index is 11.9. The summed E-state index contributed by atoms with van der Waals surface area (Å²) in [4.78, 5) is 0. The zero-order chi connectivity index (χ0) is 10.4. The maximum Gasteiger partial charge on any atom is 0.455 e. The second-order valence-electron chi connectivity index (χ2n) is 2.37. The number of hydrogen-bond acceptors (Lipinski definition) is 5. The Morgan fingerprint density at radius 2 is 1.79 bits per heavy atom. The smallest absolute Gasteiger partial charge is 0.291 e. The Kier molecular flexibility index (Phi) is 5.56. The molecular weight excluding hydrogens is 241 g/mol. The highest BCUT2D eigenvalue weighted by atomic mass is 32.2. The van der Waals surface area contributed by atoms with E-state index in [9.17, 15) is 4.57 Å². The van der Waals surface area contributed by atoms with Crippen LogP contribution in [0, 0.1) is 0 Å². The van der Waals surface area contributed by atoms with Gasteiger partial charge >= 0.3 is 7.75 Å². The van der Waals surface area contributed by atoms with Crippen LogP contribution in [0.5, 0.6) is 0 Å². The predicted molar refractivity (Wildman–Crippen MR) is 63.2 cm³/mol. The highest BCUT2D eigenvalue weighted by Gasteiger charge is 2.25. The van der Waals surface area contributed by atoms with Gasteiger partial charge in [-0.1, -0.05) is 23.5 Å². The van der Waals surface area contributed by atoms with Crippen LogP contribution in [0.15, 0.2) is 4.76 Å². The molecule has 0 saturated carbocycles. The van der Waals surface area contributed by atoms with E-state index in [-0.39, 0.29) is 0 Å². The summed E-state index contributed by atoms with van der Waals surface area (Å²) in [6.07, 6.45) is 0. The standard InChI is InChI=1S/C7H14NO3PS2/c1-3-10-12(9,11-4-2)8-7-13-5-6-14-7/h3-6H2,1-2H3. The molecule has 82 valence electrons. The first-order chi connectivity index (χ1) is 6.70. The van der Waals surface area contributed by atoms with E-state index in [2.05, 4.69) is 4.76 Å². The minimum absolute atomic E-state index is 0.351. The lowest BCUT2D eigenvalue weighted by atomic mass is 10.9. The zero-order valence-electron chi connectivity index (χ0n) is 8.26. The summed E-state index contributed by atoms with van der Waals surface area (Å²) in [5.74, 6) is 2.03.